The molecular formula is C5H6N2O. The summed E-state index contributed by atoms with van der Waals surface area (Å²) in [6, 6.07) is 0. The van der Waals surface area contributed by atoms with Gasteiger partial charge in [0.15, 0.2) is 6.10 Å². The summed E-state index contributed by atoms with van der Waals surface area (Å²) in [5.41, 5.74) is 0. The molecule has 2 aliphatic rings. The molecule has 0 aromatic rings. The third-order valence-electron chi connectivity index (χ3n) is 1.28. The monoisotopic (exact) mass is 110 g/mol. The van der Waals surface area contributed by atoms with E-state index in [0.717, 1.165) is 18.7 Å². The van der Waals surface area contributed by atoms with Crippen LogP contribution in [0.2, 0.25) is 0 Å². The normalized spacial score (nSPS) is 32.0. The Bertz CT molecular complexity index is 162. The van der Waals surface area contributed by atoms with Crippen molar-refractivity contribution in [1.82, 2.24) is 0 Å². The summed E-state index contributed by atoms with van der Waals surface area (Å²) in [5, 5.41) is 7.49. The molecule has 1 saturated heterocycles. The Kier molecular flexibility index (Phi) is 0.664. The predicted octanol–water partition coefficient (Wildman–Crippen LogP) is 0.563. The second kappa shape index (κ2) is 1.31. The van der Waals surface area contributed by atoms with Crippen molar-refractivity contribution < 1.29 is 4.74 Å². The summed E-state index contributed by atoms with van der Waals surface area (Å²) in [4.78, 5) is 0. The van der Waals surface area contributed by atoms with Gasteiger partial charge >= 0.3 is 0 Å². The molecule has 0 aliphatic carbocycles. The van der Waals surface area contributed by atoms with Crippen LogP contribution in [-0.4, -0.2) is 18.2 Å². The molecule has 0 spiro atoms. The zero-order valence-electron chi connectivity index (χ0n) is 4.37. The summed E-state index contributed by atoms with van der Waals surface area (Å²) in [5.74, 6) is 0.818. The third-order valence-corrected chi connectivity index (χ3v) is 1.28. The van der Waals surface area contributed by atoms with E-state index in [9.17, 15) is 0 Å². The average molecular weight is 110 g/mol. The van der Waals surface area contributed by atoms with E-state index in [1.54, 1.807) is 0 Å². The van der Waals surface area contributed by atoms with Crippen LogP contribution < -0.4 is 0 Å². The highest BCUT2D eigenvalue weighted by atomic mass is 16.6. The SMILES string of the molecule is C1=NN=C2OC2CC1. The van der Waals surface area contributed by atoms with Crippen LogP contribution in [0, 0.1) is 0 Å². The minimum Gasteiger partial charge on any atom is -0.464 e. The minimum absolute atomic E-state index is 0.317. The maximum absolute atomic E-state index is 4.99. The van der Waals surface area contributed by atoms with E-state index in [4.69, 9.17) is 4.74 Å². The van der Waals surface area contributed by atoms with E-state index >= 15 is 0 Å². The lowest BCUT2D eigenvalue weighted by Crippen LogP contribution is -1.84. The van der Waals surface area contributed by atoms with Crippen LogP contribution in [0.25, 0.3) is 0 Å². The fraction of sp³-hybridized carbons (Fsp3) is 0.600. The van der Waals surface area contributed by atoms with E-state index in [0.29, 0.717) is 6.10 Å². The molecule has 2 aliphatic heterocycles. The first-order valence-corrected chi connectivity index (χ1v) is 2.73. The molecule has 0 aromatic heterocycles. The summed E-state index contributed by atoms with van der Waals surface area (Å²) >= 11 is 0. The van der Waals surface area contributed by atoms with Crippen LogP contribution in [0.15, 0.2) is 10.2 Å². The molecule has 1 atom stereocenters. The largest absolute Gasteiger partial charge is 0.464 e. The number of nitrogens with zero attached hydrogens (tertiary/aromatic N) is 2. The molecule has 1 fully saturated rings. The molecule has 3 nitrogen and oxygen atoms in total. The molecule has 2 rings (SSSR count). The van der Waals surface area contributed by atoms with Crippen LogP contribution in [0.5, 0.6) is 0 Å². The second-order valence-corrected chi connectivity index (χ2v) is 1.92. The Morgan fingerprint density at radius 3 is 3.75 bits per heavy atom. The van der Waals surface area contributed by atoms with Gasteiger partial charge in [-0.2, -0.15) is 5.10 Å². The molecule has 1 unspecified atom stereocenters. The lowest BCUT2D eigenvalue weighted by molar-refractivity contribution is 0.433. The van der Waals surface area contributed by atoms with Gasteiger partial charge in [-0.15, -0.1) is 5.10 Å². The molecule has 0 N–H and O–H groups in total. The standard InChI is InChI=1S/C5H6N2O/c1-2-4-5(8-4)7-6-3-1/h3-4H,1-2H2. The molecular weight excluding hydrogens is 104 g/mol. The molecule has 0 aromatic carbocycles. The van der Waals surface area contributed by atoms with Gasteiger partial charge in [-0.3, -0.25) is 0 Å². The van der Waals surface area contributed by atoms with Gasteiger partial charge in [0, 0.05) is 6.21 Å². The van der Waals surface area contributed by atoms with E-state index in [1.807, 2.05) is 6.21 Å². The fourth-order valence-corrected chi connectivity index (χ4v) is 0.763. The van der Waals surface area contributed by atoms with Crippen molar-refractivity contribution in [3.05, 3.63) is 0 Å². The lowest BCUT2D eigenvalue weighted by atomic mass is 10.3. The van der Waals surface area contributed by atoms with Crippen LogP contribution in [0.4, 0.5) is 0 Å². The van der Waals surface area contributed by atoms with E-state index in [-0.39, 0.29) is 0 Å². The maximum atomic E-state index is 4.99. The second-order valence-electron chi connectivity index (χ2n) is 1.92. The van der Waals surface area contributed by atoms with Gasteiger partial charge in [0.1, 0.15) is 0 Å². The molecule has 0 bridgehead atoms. The topological polar surface area (TPSA) is 37.2 Å². The minimum atomic E-state index is 0.317. The number of ether oxygens (including phenoxy) is 1. The number of epoxide rings is 1. The quantitative estimate of drug-likeness (QED) is 0.420. The molecule has 0 amide bonds. The van der Waals surface area contributed by atoms with E-state index < -0.39 is 0 Å². The van der Waals surface area contributed by atoms with Gasteiger partial charge < -0.3 is 4.74 Å². The van der Waals surface area contributed by atoms with Crippen molar-refractivity contribution in [1.29, 1.82) is 0 Å². The van der Waals surface area contributed by atoms with Gasteiger partial charge in [-0.1, -0.05) is 0 Å². The fourth-order valence-electron chi connectivity index (χ4n) is 0.763. The number of hydrogen-bond acceptors (Lipinski definition) is 3. The molecule has 3 heteroatoms. The zero-order chi connectivity index (χ0) is 5.40. The van der Waals surface area contributed by atoms with Gasteiger partial charge in [-0.05, 0) is 12.8 Å². The summed E-state index contributed by atoms with van der Waals surface area (Å²) in [6.45, 7) is 0. The van der Waals surface area contributed by atoms with Gasteiger partial charge in [0.2, 0.25) is 0 Å². The predicted molar refractivity (Wildman–Crippen MR) is 30.0 cm³/mol. The number of fused-ring (bicyclic) bond motifs is 1. The molecule has 0 radical (unpaired) electrons. The number of hydrogen-bond donors (Lipinski definition) is 0. The van der Waals surface area contributed by atoms with Gasteiger partial charge in [0.05, 0.1) is 0 Å². The highest BCUT2D eigenvalue weighted by Crippen LogP contribution is 2.21. The van der Waals surface area contributed by atoms with Crippen molar-refractivity contribution in [2.45, 2.75) is 18.9 Å². The molecule has 0 saturated carbocycles. The Morgan fingerprint density at radius 1 is 1.75 bits per heavy atom. The Balaban J connectivity index is 2.19. The van der Waals surface area contributed by atoms with Crippen LogP contribution in [-0.2, 0) is 4.74 Å². The molecule has 2 heterocycles. The lowest BCUT2D eigenvalue weighted by Gasteiger charge is -1.79. The number of rotatable bonds is 0. The van der Waals surface area contributed by atoms with Crippen molar-refractivity contribution in [3.8, 4) is 0 Å². The first-order valence-electron chi connectivity index (χ1n) is 2.73. The van der Waals surface area contributed by atoms with Gasteiger partial charge in [0.25, 0.3) is 5.90 Å². The van der Waals surface area contributed by atoms with Crippen LogP contribution in [0.1, 0.15) is 12.8 Å². The van der Waals surface area contributed by atoms with Crippen LogP contribution in [0.3, 0.4) is 0 Å². The zero-order valence-corrected chi connectivity index (χ0v) is 4.37. The van der Waals surface area contributed by atoms with E-state index in [1.165, 1.54) is 0 Å². The van der Waals surface area contributed by atoms with Crippen molar-refractivity contribution >= 4 is 12.1 Å². The third kappa shape index (κ3) is 0.510. The smallest absolute Gasteiger partial charge is 0.251 e. The maximum Gasteiger partial charge on any atom is 0.251 e. The average Bonchev–Trinajstić information content (AvgIpc) is 2.36. The Morgan fingerprint density at radius 2 is 2.75 bits per heavy atom. The highest BCUT2D eigenvalue weighted by Gasteiger charge is 2.35. The van der Waals surface area contributed by atoms with Gasteiger partial charge in [-0.25, -0.2) is 0 Å². The molecule has 8 heavy (non-hydrogen) atoms. The summed E-state index contributed by atoms with van der Waals surface area (Å²) in [7, 11) is 0. The van der Waals surface area contributed by atoms with Crippen molar-refractivity contribution in [3.63, 3.8) is 0 Å². The Labute approximate surface area is 47.1 Å². The van der Waals surface area contributed by atoms with Crippen LogP contribution >= 0.6 is 0 Å². The van der Waals surface area contributed by atoms with Crippen molar-refractivity contribution in [2.75, 3.05) is 0 Å². The van der Waals surface area contributed by atoms with E-state index in [2.05, 4.69) is 10.2 Å². The Hall–Kier alpha value is -0.860. The first-order chi connectivity index (χ1) is 3.97. The summed E-state index contributed by atoms with van der Waals surface area (Å²) < 4.78 is 4.99. The van der Waals surface area contributed by atoms with Crippen molar-refractivity contribution in [2.24, 2.45) is 10.2 Å². The summed E-state index contributed by atoms with van der Waals surface area (Å²) in [6.07, 6.45) is 4.19. The molecule has 42 valence electrons. The highest BCUT2D eigenvalue weighted by molar-refractivity contribution is 5.93. The first kappa shape index (κ1) is 4.06.